The molecule has 2 aliphatic heterocycles. The SMILES string of the molecule is CCc1c2c(nc3ccc(OC(=O)N(C)CCN(C)C(=O)OCc4ccc(NC(=O)[C@H](CCCOC(N)=O)NC(=O)[C@@H](NC(=O)COCC(=O)O)C(C)C)cc4)cc13)-c1cc3c(c(=O)n1C2)COC(=O)[C@]3(O)CC. The number of aliphatic carboxylic acids is 1. The Labute approximate surface area is 424 Å². The molecule has 2 aromatic carbocycles. The minimum Gasteiger partial charge on any atom is -0.480 e. The van der Waals surface area contributed by atoms with Crippen molar-refractivity contribution in [2.45, 2.75) is 90.8 Å². The summed E-state index contributed by atoms with van der Waals surface area (Å²) in [4.78, 5) is 121. The highest BCUT2D eigenvalue weighted by Crippen LogP contribution is 2.41. The van der Waals surface area contributed by atoms with Gasteiger partial charge in [-0.2, -0.15) is 0 Å². The number of rotatable bonds is 22. The standard InChI is InChI=1S/C50H60N8O16/c1-7-31-32-20-30(15-16-36(32)53-42-33(31)22-58-38(42)21-35-34(45(58)64)24-72-46(65)50(35,69)8-2)74-49(68)57(6)18-17-56(5)48(67)73-23-28-11-13-29(14-12-28)52-43(62)37(10-9-19-71-47(51)66)54-44(63)41(27(3)4)55-39(59)25-70-26-40(60)61/h11-16,20-21,27,37,41,69H,7-10,17-19,22-26H2,1-6H3,(H2,51,66)(H,52,62)(H,54,63)(H,55,59)(H,60,61)/t37-,41-,50-/m0/s1. The summed E-state index contributed by atoms with van der Waals surface area (Å²) in [6, 6.07) is 10.7. The Morgan fingerprint density at radius 1 is 0.905 bits per heavy atom. The number of pyridine rings is 2. The van der Waals surface area contributed by atoms with Crippen molar-refractivity contribution in [2.75, 3.05) is 52.3 Å². The van der Waals surface area contributed by atoms with Crippen molar-refractivity contribution in [2.24, 2.45) is 11.7 Å². The van der Waals surface area contributed by atoms with Gasteiger partial charge < -0.3 is 69.9 Å². The van der Waals surface area contributed by atoms with Gasteiger partial charge in [-0.05, 0) is 79.1 Å². The summed E-state index contributed by atoms with van der Waals surface area (Å²) < 4.78 is 27.5. The van der Waals surface area contributed by atoms with Crippen LogP contribution in [0.4, 0.5) is 20.1 Å². The van der Waals surface area contributed by atoms with Crippen molar-refractivity contribution in [3.63, 3.8) is 0 Å². The molecule has 24 heteroatoms. The van der Waals surface area contributed by atoms with Crippen LogP contribution >= 0.6 is 0 Å². The highest BCUT2D eigenvalue weighted by atomic mass is 16.6. The number of fused-ring (bicyclic) bond motifs is 5. The molecule has 6 rings (SSSR count). The van der Waals surface area contributed by atoms with Gasteiger partial charge in [0.25, 0.3) is 5.56 Å². The van der Waals surface area contributed by atoms with E-state index in [4.69, 9.17) is 39.5 Å². The number of nitrogens with two attached hydrogens (primary N) is 1. The number of aliphatic hydroxyl groups is 1. The fourth-order valence-electron chi connectivity index (χ4n) is 8.41. The maximum Gasteiger partial charge on any atom is 0.415 e. The van der Waals surface area contributed by atoms with E-state index in [-0.39, 0.29) is 81.2 Å². The number of aryl methyl sites for hydroxylation is 1. The van der Waals surface area contributed by atoms with Gasteiger partial charge in [0.1, 0.15) is 44.3 Å². The first-order valence-electron chi connectivity index (χ1n) is 23.8. The largest absolute Gasteiger partial charge is 0.480 e. The minimum absolute atomic E-state index is 0.00894. The van der Waals surface area contributed by atoms with E-state index in [0.29, 0.717) is 34.6 Å². The number of cyclic esters (lactones) is 1. The van der Waals surface area contributed by atoms with Gasteiger partial charge in [0.05, 0.1) is 35.6 Å². The zero-order valence-electron chi connectivity index (χ0n) is 41.8. The van der Waals surface area contributed by atoms with Gasteiger partial charge in [-0.25, -0.2) is 29.0 Å². The summed E-state index contributed by atoms with van der Waals surface area (Å²) in [6.07, 6.45) is -1.66. The lowest BCUT2D eigenvalue weighted by molar-refractivity contribution is -0.172. The number of likely N-dealkylation sites (N-methyl/N-ethyl adjacent to an activating group) is 2. The van der Waals surface area contributed by atoms with Gasteiger partial charge in [-0.3, -0.25) is 19.2 Å². The van der Waals surface area contributed by atoms with E-state index in [2.05, 4.69) is 16.0 Å². The van der Waals surface area contributed by atoms with Gasteiger partial charge in [-0.15, -0.1) is 0 Å². The summed E-state index contributed by atoms with van der Waals surface area (Å²) in [5.74, 6) is -4.36. The number of anilines is 1. The molecule has 24 nitrogen and oxygen atoms in total. The maximum absolute atomic E-state index is 13.7. The summed E-state index contributed by atoms with van der Waals surface area (Å²) in [5, 5.41) is 28.5. The molecule has 0 saturated heterocycles. The number of hydrogen-bond donors (Lipinski definition) is 6. The second kappa shape index (κ2) is 24.1. The van der Waals surface area contributed by atoms with Crippen LogP contribution in [0, 0.1) is 5.92 Å². The van der Waals surface area contributed by atoms with Crippen LogP contribution in [0.2, 0.25) is 0 Å². The fourth-order valence-corrected chi connectivity index (χ4v) is 8.41. The molecule has 2 aliphatic rings. The molecule has 4 heterocycles. The van der Waals surface area contributed by atoms with Crippen LogP contribution in [0.5, 0.6) is 5.75 Å². The molecule has 0 spiro atoms. The average Bonchev–Trinajstić information content (AvgIpc) is 3.73. The number of esters is 1. The van der Waals surface area contributed by atoms with Gasteiger partial charge >= 0.3 is 30.2 Å². The molecule has 0 radical (unpaired) electrons. The number of nitrogens with one attached hydrogen (secondary N) is 3. The third kappa shape index (κ3) is 12.9. The van der Waals surface area contributed by atoms with Gasteiger partial charge in [-0.1, -0.05) is 39.8 Å². The average molecular weight is 1030 g/mol. The van der Waals surface area contributed by atoms with Crippen molar-refractivity contribution in [3.05, 3.63) is 86.7 Å². The number of amides is 6. The highest BCUT2D eigenvalue weighted by Gasteiger charge is 2.45. The van der Waals surface area contributed by atoms with E-state index in [1.54, 1.807) is 73.9 Å². The zero-order chi connectivity index (χ0) is 54.0. The molecule has 0 fully saturated rings. The molecule has 0 unspecified atom stereocenters. The van der Waals surface area contributed by atoms with Crippen molar-refractivity contribution in [1.29, 1.82) is 0 Å². The van der Waals surface area contributed by atoms with E-state index in [1.165, 1.54) is 23.9 Å². The lowest BCUT2D eigenvalue weighted by Gasteiger charge is -2.31. The molecular formula is C50H60N8O16. The molecule has 0 saturated carbocycles. The molecule has 3 atom stereocenters. The number of carbonyl (C=O) groups excluding carboxylic acids is 7. The van der Waals surface area contributed by atoms with E-state index >= 15 is 0 Å². The summed E-state index contributed by atoms with van der Waals surface area (Å²) in [5.41, 5.74) is 7.38. The van der Waals surface area contributed by atoms with Gasteiger partial charge in [0.15, 0.2) is 5.60 Å². The third-order valence-corrected chi connectivity index (χ3v) is 12.6. The van der Waals surface area contributed by atoms with E-state index < -0.39 is 84.8 Å². The number of benzene rings is 2. The second-order valence-electron chi connectivity index (χ2n) is 18.1. The summed E-state index contributed by atoms with van der Waals surface area (Å²) in [7, 11) is 3.02. The number of ether oxygens (including phenoxy) is 5. The molecule has 0 aliphatic carbocycles. The quantitative estimate of drug-likeness (QED) is 0.0330. The Bertz CT molecular complexity index is 2890. The maximum atomic E-state index is 13.7. The topological polar surface area (TPSA) is 327 Å². The first-order chi connectivity index (χ1) is 35.1. The first kappa shape index (κ1) is 55.2. The normalized spacial score (nSPS) is 15.1. The fraction of sp³-hybridized carbons (Fsp3) is 0.440. The Morgan fingerprint density at radius 2 is 1.61 bits per heavy atom. The lowest BCUT2D eigenvalue weighted by Crippen LogP contribution is -2.55. The number of aromatic nitrogens is 2. The number of carbonyl (C=O) groups is 8. The summed E-state index contributed by atoms with van der Waals surface area (Å²) in [6.45, 7) is 5.46. The van der Waals surface area contributed by atoms with Crippen LogP contribution in [-0.4, -0.2) is 137 Å². The van der Waals surface area contributed by atoms with E-state index in [0.717, 1.165) is 16.5 Å². The van der Waals surface area contributed by atoms with Crippen LogP contribution < -0.4 is 32.0 Å². The molecule has 7 N–H and O–H groups in total. The summed E-state index contributed by atoms with van der Waals surface area (Å²) >= 11 is 0. The number of nitrogens with zero attached hydrogens (tertiary/aromatic N) is 4. The number of hydrogen-bond acceptors (Lipinski definition) is 16. The van der Waals surface area contributed by atoms with Crippen molar-refractivity contribution in [1.82, 2.24) is 30.0 Å². The minimum atomic E-state index is -1.95. The Morgan fingerprint density at radius 3 is 2.26 bits per heavy atom. The van der Waals surface area contributed by atoms with Crippen molar-refractivity contribution in [3.8, 4) is 17.1 Å². The second-order valence-corrected chi connectivity index (χ2v) is 18.1. The third-order valence-electron chi connectivity index (χ3n) is 12.6. The lowest BCUT2D eigenvalue weighted by atomic mass is 9.86. The van der Waals surface area contributed by atoms with Crippen LogP contribution in [0.1, 0.15) is 74.8 Å². The molecule has 6 amide bonds. The zero-order valence-corrected chi connectivity index (χ0v) is 41.8. The monoisotopic (exact) mass is 1030 g/mol. The molecule has 0 bridgehead atoms. The van der Waals surface area contributed by atoms with Crippen LogP contribution in [0.15, 0.2) is 53.3 Å². The molecule has 74 heavy (non-hydrogen) atoms. The molecule has 4 aromatic rings. The Hall–Kier alpha value is -8.12. The van der Waals surface area contributed by atoms with Gasteiger partial charge in [0.2, 0.25) is 17.7 Å². The predicted octanol–water partition coefficient (Wildman–Crippen LogP) is 2.88. The molecule has 396 valence electrons. The van der Waals surface area contributed by atoms with E-state index in [9.17, 15) is 48.3 Å². The van der Waals surface area contributed by atoms with Crippen LogP contribution in [0.3, 0.4) is 0 Å². The Balaban J connectivity index is 1.00. The smallest absolute Gasteiger partial charge is 0.415 e. The Kier molecular flexibility index (Phi) is 18.0. The molecule has 2 aromatic heterocycles. The molecular weight excluding hydrogens is 969 g/mol. The van der Waals surface area contributed by atoms with Gasteiger partial charge in [0, 0.05) is 49.4 Å². The highest BCUT2D eigenvalue weighted by molar-refractivity contribution is 5.98. The number of primary amides is 1. The van der Waals surface area contributed by atoms with E-state index in [1.807, 2.05) is 6.92 Å². The van der Waals surface area contributed by atoms with Crippen molar-refractivity contribution < 1.29 is 72.3 Å². The number of carboxylic acid groups (broad SMARTS) is 1. The first-order valence-corrected chi connectivity index (χ1v) is 23.8. The van der Waals surface area contributed by atoms with Crippen LogP contribution in [-0.2, 0) is 74.7 Å². The van der Waals surface area contributed by atoms with Crippen LogP contribution in [0.25, 0.3) is 22.3 Å². The van der Waals surface area contributed by atoms with Crippen molar-refractivity contribution >= 4 is 64.5 Å². The number of carboxylic acids is 1. The predicted molar refractivity (Wildman–Crippen MR) is 262 cm³/mol.